The molecule has 1 atom stereocenters. The van der Waals surface area contributed by atoms with E-state index in [1.165, 1.54) is 0 Å². The van der Waals surface area contributed by atoms with Crippen molar-refractivity contribution in [3.63, 3.8) is 0 Å². The number of nitrogens with one attached hydrogen (secondary N) is 1. The molecule has 0 aliphatic heterocycles. The maximum atomic E-state index is 6.22. The number of hydrogen-bond acceptors (Lipinski definition) is 2. The maximum Gasteiger partial charge on any atom is 0.0762 e. The summed E-state index contributed by atoms with van der Waals surface area (Å²) < 4.78 is 2.08. The maximum absolute atomic E-state index is 6.22. The fourth-order valence-corrected chi connectivity index (χ4v) is 2.83. The molecule has 2 rings (SSSR count). The SMILES string of the molecule is CCC(CC)n1ccc(CNC(C)c2ccccc2Cl)n1. The monoisotopic (exact) mass is 305 g/mol. The highest BCUT2D eigenvalue weighted by atomic mass is 35.5. The first kappa shape index (κ1) is 16.1. The summed E-state index contributed by atoms with van der Waals surface area (Å²) in [4.78, 5) is 0. The number of aromatic nitrogens is 2. The molecule has 0 bridgehead atoms. The lowest BCUT2D eigenvalue weighted by Gasteiger charge is -2.15. The smallest absolute Gasteiger partial charge is 0.0762 e. The van der Waals surface area contributed by atoms with Crippen molar-refractivity contribution in [3.8, 4) is 0 Å². The van der Waals surface area contributed by atoms with Crippen molar-refractivity contribution < 1.29 is 0 Å². The minimum absolute atomic E-state index is 0.206. The zero-order valence-corrected chi connectivity index (χ0v) is 13.8. The van der Waals surface area contributed by atoms with Crippen molar-refractivity contribution in [2.45, 2.75) is 52.2 Å². The van der Waals surface area contributed by atoms with Gasteiger partial charge in [0.15, 0.2) is 0 Å². The molecule has 0 saturated heterocycles. The third-order valence-corrected chi connectivity index (χ3v) is 4.29. The Kier molecular flexibility index (Phi) is 5.83. The van der Waals surface area contributed by atoms with E-state index in [1.807, 2.05) is 18.2 Å². The Balaban J connectivity index is 1.96. The predicted octanol–water partition coefficient (Wildman–Crippen LogP) is 4.75. The topological polar surface area (TPSA) is 29.9 Å². The van der Waals surface area contributed by atoms with Crippen LogP contribution < -0.4 is 5.32 Å². The quantitative estimate of drug-likeness (QED) is 0.800. The minimum atomic E-state index is 0.206. The molecule has 0 radical (unpaired) electrons. The van der Waals surface area contributed by atoms with E-state index in [9.17, 15) is 0 Å². The molecule has 1 N–H and O–H groups in total. The van der Waals surface area contributed by atoms with Crippen molar-refractivity contribution in [2.24, 2.45) is 0 Å². The third-order valence-electron chi connectivity index (χ3n) is 3.94. The van der Waals surface area contributed by atoms with Crippen LogP contribution in [0.1, 0.15) is 57.0 Å². The van der Waals surface area contributed by atoms with Crippen molar-refractivity contribution in [2.75, 3.05) is 0 Å². The van der Waals surface area contributed by atoms with Crippen LogP contribution in [0.15, 0.2) is 36.5 Å². The van der Waals surface area contributed by atoms with E-state index in [1.54, 1.807) is 0 Å². The number of hydrogen-bond donors (Lipinski definition) is 1. The van der Waals surface area contributed by atoms with Gasteiger partial charge in [-0.3, -0.25) is 4.68 Å². The molecule has 3 nitrogen and oxygen atoms in total. The van der Waals surface area contributed by atoms with Gasteiger partial charge < -0.3 is 5.32 Å². The van der Waals surface area contributed by atoms with E-state index in [0.29, 0.717) is 6.04 Å². The Hall–Kier alpha value is -1.32. The molecule has 4 heteroatoms. The fraction of sp³-hybridized carbons (Fsp3) is 0.471. The number of nitrogens with zero attached hydrogens (tertiary/aromatic N) is 2. The van der Waals surface area contributed by atoms with Gasteiger partial charge in [-0.25, -0.2) is 0 Å². The molecule has 1 aromatic carbocycles. The summed E-state index contributed by atoms with van der Waals surface area (Å²) in [5.74, 6) is 0. The highest BCUT2D eigenvalue weighted by Gasteiger charge is 2.11. The third kappa shape index (κ3) is 4.08. The second-order valence-electron chi connectivity index (χ2n) is 5.38. The van der Waals surface area contributed by atoms with Gasteiger partial charge in [0.1, 0.15) is 0 Å². The molecule has 0 fully saturated rings. The average molecular weight is 306 g/mol. The molecule has 0 aliphatic carbocycles. The summed E-state index contributed by atoms with van der Waals surface area (Å²) in [5, 5.41) is 8.95. The zero-order valence-electron chi connectivity index (χ0n) is 13.0. The van der Waals surface area contributed by atoms with Gasteiger partial charge in [-0.05, 0) is 37.5 Å². The molecule has 114 valence electrons. The first-order valence-electron chi connectivity index (χ1n) is 7.67. The molecule has 1 unspecified atom stereocenters. The molecule has 1 heterocycles. The Labute approximate surface area is 132 Å². The van der Waals surface area contributed by atoms with Gasteiger partial charge in [-0.2, -0.15) is 5.10 Å². The van der Waals surface area contributed by atoms with Crippen molar-refractivity contribution in [1.82, 2.24) is 15.1 Å². The first-order valence-corrected chi connectivity index (χ1v) is 8.05. The number of rotatable bonds is 7. The fourth-order valence-electron chi connectivity index (χ4n) is 2.53. The standard InChI is InChI=1S/C17H24ClN3/c1-4-15(5-2)21-11-10-14(20-21)12-19-13(3)16-8-6-7-9-17(16)18/h6-11,13,15,19H,4-5,12H2,1-3H3. The second-order valence-corrected chi connectivity index (χ2v) is 5.79. The van der Waals surface area contributed by atoms with Crippen LogP contribution in [-0.4, -0.2) is 9.78 Å². The molecular formula is C17H24ClN3. The molecule has 1 aromatic heterocycles. The largest absolute Gasteiger partial charge is 0.304 e. The van der Waals surface area contributed by atoms with Crippen LogP contribution in [0.3, 0.4) is 0 Å². The lowest BCUT2D eigenvalue weighted by atomic mass is 10.1. The van der Waals surface area contributed by atoms with Crippen LogP contribution in [0.5, 0.6) is 0 Å². The number of benzene rings is 1. The lowest BCUT2D eigenvalue weighted by Crippen LogP contribution is -2.19. The predicted molar refractivity (Wildman–Crippen MR) is 88.6 cm³/mol. The van der Waals surface area contributed by atoms with E-state index in [-0.39, 0.29) is 6.04 Å². The van der Waals surface area contributed by atoms with Gasteiger partial charge in [0.05, 0.1) is 11.7 Å². The van der Waals surface area contributed by atoms with Crippen molar-refractivity contribution in [3.05, 3.63) is 52.8 Å². The summed E-state index contributed by atoms with van der Waals surface area (Å²) in [5.41, 5.74) is 2.19. The second kappa shape index (κ2) is 7.62. The van der Waals surface area contributed by atoms with Crippen LogP contribution >= 0.6 is 11.6 Å². The minimum Gasteiger partial charge on any atom is -0.304 e. The van der Waals surface area contributed by atoms with Gasteiger partial charge in [-0.15, -0.1) is 0 Å². The van der Waals surface area contributed by atoms with E-state index >= 15 is 0 Å². The number of halogens is 1. The van der Waals surface area contributed by atoms with Crippen LogP contribution in [0.2, 0.25) is 5.02 Å². The van der Waals surface area contributed by atoms with E-state index in [2.05, 4.69) is 54.2 Å². The van der Waals surface area contributed by atoms with Crippen LogP contribution in [-0.2, 0) is 6.54 Å². The Morgan fingerprint density at radius 3 is 2.57 bits per heavy atom. The molecule has 2 aromatic rings. The van der Waals surface area contributed by atoms with Crippen molar-refractivity contribution in [1.29, 1.82) is 0 Å². The molecule has 0 spiro atoms. The van der Waals surface area contributed by atoms with Gasteiger partial charge in [0, 0.05) is 23.8 Å². The Bertz CT molecular complexity index is 561. The van der Waals surface area contributed by atoms with E-state index < -0.39 is 0 Å². The first-order chi connectivity index (χ1) is 10.2. The van der Waals surface area contributed by atoms with Gasteiger partial charge >= 0.3 is 0 Å². The molecule has 21 heavy (non-hydrogen) atoms. The highest BCUT2D eigenvalue weighted by Crippen LogP contribution is 2.22. The Morgan fingerprint density at radius 1 is 1.19 bits per heavy atom. The van der Waals surface area contributed by atoms with Crippen LogP contribution in [0, 0.1) is 0 Å². The van der Waals surface area contributed by atoms with Crippen LogP contribution in [0.4, 0.5) is 0 Å². The average Bonchev–Trinajstić information content (AvgIpc) is 2.95. The zero-order chi connectivity index (χ0) is 15.2. The summed E-state index contributed by atoms with van der Waals surface area (Å²) >= 11 is 6.22. The Morgan fingerprint density at radius 2 is 1.90 bits per heavy atom. The van der Waals surface area contributed by atoms with Gasteiger partial charge in [-0.1, -0.05) is 43.6 Å². The van der Waals surface area contributed by atoms with E-state index in [0.717, 1.165) is 35.7 Å². The lowest BCUT2D eigenvalue weighted by molar-refractivity contribution is 0.423. The molecular weight excluding hydrogens is 282 g/mol. The summed E-state index contributed by atoms with van der Waals surface area (Å²) in [6, 6.07) is 10.7. The molecule has 0 saturated carbocycles. The summed E-state index contributed by atoms with van der Waals surface area (Å²) in [6.45, 7) is 7.28. The summed E-state index contributed by atoms with van der Waals surface area (Å²) in [6.07, 6.45) is 4.30. The normalized spacial score (nSPS) is 12.8. The highest BCUT2D eigenvalue weighted by molar-refractivity contribution is 6.31. The molecule has 0 amide bonds. The van der Waals surface area contributed by atoms with E-state index in [4.69, 9.17) is 11.6 Å². The summed E-state index contributed by atoms with van der Waals surface area (Å²) in [7, 11) is 0. The van der Waals surface area contributed by atoms with Crippen molar-refractivity contribution >= 4 is 11.6 Å². The van der Waals surface area contributed by atoms with Gasteiger partial charge in [0.25, 0.3) is 0 Å². The molecule has 0 aliphatic rings. The van der Waals surface area contributed by atoms with Crippen LogP contribution in [0.25, 0.3) is 0 Å². The van der Waals surface area contributed by atoms with Gasteiger partial charge in [0.2, 0.25) is 0 Å².